The van der Waals surface area contributed by atoms with Gasteiger partial charge in [-0.1, -0.05) is 12.1 Å². The van der Waals surface area contributed by atoms with Crippen LogP contribution in [0.15, 0.2) is 54.2 Å². The minimum absolute atomic E-state index is 0.220. The third-order valence-electron chi connectivity index (χ3n) is 3.15. The van der Waals surface area contributed by atoms with Gasteiger partial charge >= 0.3 is 6.18 Å². The number of rotatable bonds is 4. The van der Waals surface area contributed by atoms with Crippen molar-refractivity contribution in [1.82, 2.24) is 0 Å². The monoisotopic (exact) mass is 367 g/mol. The highest BCUT2D eigenvalue weighted by Crippen LogP contribution is 2.34. The molecule has 26 heavy (non-hydrogen) atoms. The largest absolute Gasteiger partial charge is 0.418 e. The number of nitriles is 1. The molecule has 0 unspecified atom stereocenters. The molecule has 0 aliphatic carbocycles. The minimum Gasteiger partial charge on any atom is -0.358 e. The van der Waals surface area contributed by atoms with E-state index >= 15 is 0 Å². The lowest BCUT2D eigenvalue weighted by atomic mass is 10.1. The highest BCUT2D eigenvalue weighted by atomic mass is 19.4. The van der Waals surface area contributed by atoms with Crippen molar-refractivity contribution in [2.75, 3.05) is 10.6 Å². The van der Waals surface area contributed by atoms with Gasteiger partial charge in [0, 0.05) is 12.3 Å². The Kier molecular flexibility index (Phi) is 5.57. The Bertz CT molecular complexity index is 900. The molecule has 0 aliphatic rings. The van der Waals surface area contributed by atoms with Crippen LogP contribution in [0.25, 0.3) is 0 Å². The fourth-order valence-electron chi connectivity index (χ4n) is 1.93. The van der Waals surface area contributed by atoms with Crippen LogP contribution >= 0.6 is 0 Å². The summed E-state index contributed by atoms with van der Waals surface area (Å²) < 4.78 is 65.1. The van der Waals surface area contributed by atoms with Crippen molar-refractivity contribution in [1.29, 1.82) is 5.26 Å². The molecule has 0 saturated carbocycles. The second-order valence-electron chi connectivity index (χ2n) is 4.94. The average Bonchev–Trinajstić information content (AvgIpc) is 2.56. The molecule has 1 amide bonds. The summed E-state index contributed by atoms with van der Waals surface area (Å²) in [5.74, 6) is -2.92. The zero-order valence-electron chi connectivity index (χ0n) is 12.9. The quantitative estimate of drug-likeness (QED) is 0.477. The van der Waals surface area contributed by atoms with E-state index in [0.717, 1.165) is 36.5 Å². The second-order valence-corrected chi connectivity index (χ2v) is 4.94. The van der Waals surface area contributed by atoms with Crippen LogP contribution in [-0.4, -0.2) is 5.91 Å². The van der Waals surface area contributed by atoms with E-state index in [9.17, 15) is 26.7 Å². The number of benzene rings is 2. The molecule has 0 aliphatic heterocycles. The van der Waals surface area contributed by atoms with E-state index in [0.29, 0.717) is 6.07 Å². The molecule has 2 rings (SSSR count). The van der Waals surface area contributed by atoms with Crippen molar-refractivity contribution in [3.63, 3.8) is 0 Å². The van der Waals surface area contributed by atoms with Gasteiger partial charge in [0.25, 0.3) is 5.91 Å². The third kappa shape index (κ3) is 4.57. The van der Waals surface area contributed by atoms with Gasteiger partial charge in [-0.25, -0.2) is 8.78 Å². The fraction of sp³-hybridized carbons (Fsp3) is 0.0588. The van der Waals surface area contributed by atoms with Crippen molar-refractivity contribution in [3.8, 4) is 6.07 Å². The molecule has 0 heterocycles. The van der Waals surface area contributed by atoms with Crippen molar-refractivity contribution in [2.24, 2.45) is 0 Å². The minimum atomic E-state index is -4.70. The summed E-state index contributed by atoms with van der Waals surface area (Å²) in [6, 6.07) is 8.30. The standard InChI is InChI=1S/C17H10F5N3O/c18-11-5-6-15(13(19)7-11)24-9-10(8-23)16(26)25-14-4-2-1-3-12(14)17(20,21)22/h1-7,9,24H,(H,25,26)/b10-9-. The molecule has 0 fully saturated rings. The van der Waals surface area contributed by atoms with Gasteiger partial charge in [-0.2, -0.15) is 18.4 Å². The van der Waals surface area contributed by atoms with E-state index in [2.05, 4.69) is 5.32 Å². The van der Waals surface area contributed by atoms with Crippen LogP contribution in [0.4, 0.5) is 33.3 Å². The van der Waals surface area contributed by atoms with E-state index in [4.69, 9.17) is 5.26 Å². The average molecular weight is 367 g/mol. The molecule has 4 nitrogen and oxygen atoms in total. The van der Waals surface area contributed by atoms with Gasteiger partial charge in [0.2, 0.25) is 0 Å². The van der Waals surface area contributed by atoms with Crippen molar-refractivity contribution in [2.45, 2.75) is 6.18 Å². The van der Waals surface area contributed by atoms with Crippen LogP contribution in [-0.2, 0) is 11.0 Å². The van der Waals surface area contributed by atoms with Crippen LogP contribution in [0.3, 0.4) is 0 Å². The number of nitrogens with one attached hydrogen (secondary N) is 2. The summed E-state index contributed by atoms with van der Waals surface area (Å²) in [4.78, 5) is 12.0. The zero-order chi connectivity index (χ0) is 19.3. The van der Waals surface area contributed by atoms with Crippen LogP contribution in [0.1, 0.15) is 5.56 Å². The number of amides is 1. The number of para-hydroxylation sites is 1. The van der Waals surface area contributed by atoms with Gasteiger partial charge in [-0.3, -0.25) is 4.79 Å². The molecule has 2 aromatic rings. The van der Waals surface area contributed by atoms with Crippen molar-refractivity contribution < 1.29 is 26.7 Å². The number of anilines is 2. The summed E-state index contributed by atoms with van der Waals surface area (Å²) in [5.41, 5.74) is -2.43. The van der Waals surface area contributed by atoms with E-state index in [-0.39, 0.29) is 5.69 Å². The van der Waals surface area contributed by atoms with Gasteiger partial charge in [-0.05, 0) is 24.3 Å². The summed E-state index contributed by atoms with van der Waals surface area (Å²) in [7, 11) is 0. The smallest absolute Gasteiger partial charge is 0.358 e. The Labute approximate surface area is 144 Å². The molecule has 0 radical (unpaired) electrons. The Morgan fingerprint density at radius 3 is 2.38 bits per heavy atom. The van der Waals surface area contributed by atoms with Gasteiger partial charge < -0.3 is 10.6 Å². The molecule has 0 atom stereocenters. The first-order valence-electron chi connectivity index (χ1n) is 7.02. The number of halogens is 5. The number of carbonyl (C=O) groups is 1. The van der Waals surface area contributed by atoms with Crippen LogP contribution < -0.4 is 10.6 Å². The predicted molar refractivity (Wildman–Crippen MR) is 83.8 cm³/mol. The first-order chi connectivity index (χ1) is 12.2. The van der Waals surface area contributed by atoms with Crippen molar-refractivity contribution in [3.05, 3.63) is 71.4 Å². The van der Waals surface area contributed by atoms with E-state index in [1.54, 1.807) is 0 Å². The molecular formula is C17H10F5N3O. The van der Waals surface area contributed by atoms with Gasteiger partial charge in [0.15, 0.2) is 0 Å². The Balaban J connectivity index is 2.21. The third-order valence-corrected chi connectivity index (χ3v) is 3.15. The topological polar surface area (TPSA) is 64.9 Å². The lowest BCUT2D eigenvalue weighted by Crippen LogP contribution is -2.18. The molecule has 0 bridgehead atoms. The summed E-state index contributed by atoms with van der Waals surface area (Å²) in [6.45, 7) is 0. The zero-order valence-corrected chi connectivity index (χ0v) is 12.9. The van der Waals surface area contributed by atoms with Crippen molar-refractivity contribution >= 4 is 17.3 Å². The number of carbonyl (C=O) groups excluding carboxylic acids is 1. The van der Waals surface area contributed by atoms with E-state index < -0.39 is 40.5 Å². The molecule has 0 saturated heterocycles. The van der Waals surface area contributed by atoms with Gasteiger partial charge in [-0.15, -0.1) is 0 Å². The number of hydrogen-bond acceptors (Lipinski definition) is 3. The highest BCUT2D eigenvalue weighted by Gasteiger charge is 2.33. The molecule has 134 valence electrons. The Morgan fingerprint density at radius 1 is 1.08 bits per heavy atom. The lowest BCUT2D eigenvalue weighted by Gasteiger charge is -2.13. The van der Waals surface area contributed by atoms with Gasteiger partial charge in [0.1, 0.15) is 23.3 Å². The maximum Gasteiger partial charge on any atom is 0.418 e. The van der Waals surface area contributed by atoms with Gasteiger partial charge in [0.05, 0.1) is 16.9 Å². The van der Waals surface area contributed by atoms with Crippen LogP contribution in [0.5, 0.6) is 0 Å². The number of hydrogen-bond donors (Lipinski definition) is 2. The fourth-order valence-corrected chi connectivity index (χ4v) is 1.93. The SMILES string of the molecule is N#C/C(=C/Nc1ccc(F)cc1F)C(=O)Nc1ccccc1C(F)(F)F. The molecule has 2 aromatic carbocycles. The normalized spacial score (nSPS) is 11.6. The van der Waals surface area contributed by atoms with E-state index in [1.807, 2.05) is 5.32 Å². The Morgan fingerprint density at radius 2 is 1.77 bits per heavy atom. The maximum atomic E-state index is 13.5. The summed E-state index contributed by atoms with van der Waals surface area (Å²) >= 11 is 0. The highest BCUT2D eigenvalue weighted by molar-refractivity contribution is 6.07. The van der Waals surface area contributed by atoms with Crippen LogP contribution in [0, 0.1) is 23.0 Å². The Hall–Kier alpha value is -3.41. The molecule has 0 aromatic heterocycles. The first-order valence-corrected chi connectivity index (χ1v) is 7.02. The van der Waals surface area contributed by atoms with Crippen LogP contribution in [0.2, 0.25) is 0 Å². The second kappa shape index (κ2) is 7.65. The molecule has 9 heteroatoms. The summed E-state index contributed by atoms with van der Waals surface area (Å²) in [6.07, 6.45) is -3.89. The van der Waals surface area contributed by atoms with E-state index in [1.165, 1.54) is 12.1 Å². The molecule has 0 spiro atoms. The first kappa shape index (κ1) is 18.9. The predicted octanol–water partition coefficient (Wildman–Crippen LogP) is 4.44. The molecule has 2 N–H and O–H groups in total. The maximum absolute atomic E-state index is 13.5. The molecular weight excluding hydrogens is 357 g/mol. The summed E-state index contributed by atoms with van der Waals surface area (Å²) in [5, 5.41) is 13.3. The lowest BCUT2D eigenvalue weighted by molar-refractivity contribution is -0.137. The number of nitrogens with zero attached hydrogens (tertiary/aromatic N) is 1. The number of alkyl halides is 3.